The van der Waals surface area contributed by atoms with Gasteiger partial charge in [-0.05, 0) is 0 Å². The van der Waals surface area contributed by atoms with Crippen LogP contribution in [0.2, 0.25) is 21.5 Å². The van der Waals surface area contributed by atoms with Gasteiger partial charge in [0.25, 0.3) is 0 Å². The van der Waals surface area contributed by atoms with Gasteiger partial charge in [-0.25, -0.2) is 0 Å². The summed E-state index contributed by atoms with van der Waals surface area (Å²) in [5, 5.41) is 0. The minimum atomic E-state index is -1.00. The molecule has 4 aliphatic rings. The van der Waals surface area contributed by atoms with Crippen molar-refractivity contribution in [3.8, 4) is 0 Å². The summed E-state index contributed by atoms with van der Waals surface area (Å²) in [4.78, 5) is 0. The zero-order valence-electron chi connectivity index (χ0n) is 13.9. The molecule has 0 aromatic rings. The normalized spacial score (nSPS) is 41.5. The Kier molecular flexibility index (Phi) is 4.50. The number of rotatable bonds is 2. The van der Waals surface area contributed by atoms with Crippen LogP contribution in [-0.4, -0.2) is 6.19 Å². The van der Waals surface area contributed by atoms with Crippen LogP contribution in [0.5, 0.6) is 0 Å². The number of hydrogen-bond acceptors (Lipinski definition) is 0. The summed E-state index contributed by atoms with van der Waals surface area (Å²) in [6.45, 7) is 5.32. The SMILES string of the molecule is C[Si](C)=[Ti]([CH]1CCC2C=CC=CC21)[CH]1CCC2C=CC=CC21. The zero-order valence-corrected chi connectivity index (χ0v) is 16.5. The molecule has 0 aromatic heterocycles. The summed E-state index contributed by atoms with van der Waals surface area (Å²) < 4.78 is 2.25. The van der Waals surface area contributed by atoms with Crippen molar-refractivity contribution in [1.82, 2.24) is 0 Å². The molecule has 0 bridgehead atoms. The zero-order chi connectivity index (χ0) is 15.1. The Hall–Kier alpha value is -0.109. The average molecular weight is 344 g/mol. The van der Waals surface area contributed by atoms with Crippen LogP contribution in [0.4, 0.5) is 0 Å². The van der Waals surface area contributed by atoms with Crippen LogP contribution < -0.4 is 0 Å². The first kappa shape index (κ1) is 15.4. The number of fused-ring (bicyclic) bond motifs is 2. The Labute approximate surface area is 142 Å². The molecule has 2 fully saturated rings. The van der Waals surface area contributed by atoms with Gasteiger partial charge in [-0.15, -0.1) is 0 Å². The molecular weight excluding hydrogens is 316 g/mol. The van der Waals surface area contributed by atoms with E-state index in [-0.39, 0.29) is 6.19 Å². The van der Waals surface area contributed by atoms with Crippen molar-refractivity contribution in [3.63, 3.8) is 0 Å². The maximum atomic E-state index is 2.66. The van der Waals surface area contributed by atoms with Crippen molar-refractivity contribution < 1.29 is 16.6 Å². The molecule has 0 aromatic carbocycles. The predicted octanol–water partition coefficient (Wildman–Crippen LogP) is 5.74. The first-order valence-corrected chi connectivity index (χ1v) is 15.8. The molecule has 2 heteroatoms. The molecule has 0 nitrogen and oxygen atoms in total. The third kappa shape index (κ3) is 2.64. The second-order valence-corrected chi connectivity index (χ2v) is 20.6. The van der Waals surface area contributed by atoms with Crippen molar-refractivity contribution in [2.24, 2.45) is 23.7 Å². The Bertz CT molecular complexity index is 545. The first-order chi connectivity index (χ1) is 10.8. The molecular formula is C20H28SiTi. The number of allylic oxidation sites excluding steroid dienone is 8. The molecule has 6 unspecified atom stereocenters. The van der Waals surface area contributed by atoms with Gasteiger partial charge in [0.1, 0.15) is 0 Å². The van der Waals surface area contributed by atoms with Crippen molar-refractivity contribution in [1.29, 1.82) is 0 Å². The molecule has 116 valence electrons. The van der Waals surface area contributed by atoms with Crippen LogP contribution in [-0.2, 0) is 16.6 Å². The summed E-state index contributed by atoms with van der Waals surface area (Å²) in [5.74, 6) is 3.61. The predicted molar refractivity (Wildman–Crippen MR) is 94.0 cm³/mol. The van der Waals surface area contributed by atoms with Gasteiger partial charge in [-0.3, -0.25) is 0 Å². The van der Waals surface area contributed by atoms with E-state index in [0.29, 0.717) is 0 Å². The molecule has 0 aliphatic heterocycles. The molecule has 4 rings (SSSR count). The minimum absolute atomic E-state index is 0.0871. The van der Waals surface area contributed by atoms with Crippen molar-refractivity contribution >= 4 is 6.19 Å². The standard InChI is InChI=1S/2C9H11.C2H6Si.Ti/c2*1-2-5-9-7-3-6-8(9)4-1;1-3-2;/h2*1-2,4-6,8-9H,3,7H2;1-2H3;. The van der Waals surface area contributed by atoms with E-state index in [9.17, 15) is 0 Å². The fraction of sp³-hybridized carbons (Fsp3) is 0.600. The Morgan fingerprint density at radius 2 is 1.14 bits per heavy atom. The molecule has 6 atom stereocenters. The molecule has 0 N–H and O–H groups in total. The van der Waals surface area contributed by atoms with Crippen LogP contribution in [0.1, 0.15) is 25.7 Å². The van der Waals surface area contributed by atoms with Crippen molar-refractivity contribution in [3.05, 3.63) is 48.6 Å². The average Bonchev–Trinajstić information content (AvgIpc) is 3.13. The van der Waals surface area contributed by atoms with Crippen LogP contribution in [0.25, 0.3) is 0 Å². The van der Waals surface area contributed by atoms with E-state index < -0.39 is 16.6 Å². The topological polar surface area (TPSA) is 0 Å². The van der Waals surface area contributed by atoms with E-state index in [1.165, 1.54) is 12.8 Å². The van der Waals surface area contributed by atoms with E-state index in [1.807, 2.05) is 0 Å². The summed E-state index contributed by atoms with van der Waals surface area (Å²) in [6, 6.07) is 0. The van der Waals surface area contributed by atoms with Gasteiger partial charge in [-0.1, -0.05) is 0 Å². The van der Waals surface area contributed by atoms with Gasteiger partial charge in [0, 0.05) is 0 Å². The van der Waals surface area contributed by atoms with Gasteiger partial charge >= 0.3 is 142 Å². The maximum absolute atomic E-state index is 2.66. The molecule has 0 amide bonds. The van der Waals surface area contributed by atoms with Gasteiger partial charge in [0.15, 0.2) is 0 Å². The molecule has 0 spiro atoms. The third-order valence-electron chi connectivity index (χ3n) is 6.52. The summed E-state index contributed by atoms with van der Waals surface area (Å²) in [7, 11) is 0. The Morgan fingerprint density at radius 3 is 1.59 bits per heavy atom. The Morgan fingerprint density at radius 1 is 0.682 bits per heavy atom. The van der Waals surface area contributed by atoms with Gasteiger partial charge in [-0.2, -0.15) is 0 Å². The summed E-state index contributed by atoms with van der Waals surface area (Å²) >= 11 is -1.00. The van der Waals surface area contributed by atoms with E-state index in [0.717, 1.165) is 32.1 Å². The quantitative estimate of drug-likeness (QED) is 0.561. The second kappa shape index (κ2) is 6.42. The molecule has 22 heavy (non-hydrogen) atoms. The molecule has 2 saturated carbocycles. The molecule has 4 aliphatic carbocycles. The monoisotopic (exact) mass is 344 g/mol. The second-order valence-electron chi connectivity index (χ2n) is 7.85. The fourth-order valence-electron chi connectivity index (χ4n) is 5.65. The van der Waals surface area contributed by atoms with E-state index >= 15 is 0 Å². The van der Waals surface area contributed by atoms with Gasteiger partial charge < -0.3 is 0 Å². The molecule has 0 radical (unpaired) electrons. The van der Waals surface area contributed by atoms with E-state index in [4.69, 9.17) is 0 Å². The Balaban J connectivity index is 1.64. The van der Waals surface area contributed by atoms with Crippen LogP contribution >= 0.6 is 0 Å². The van der Waals surface area contributed by atoms with Crippen LogP contribution in [0, 0.1) is 23.7 Å². The van der Waals surface area contributed by atoms with E-state index in [2.05, 4.69) is 61.7 Å². The van der Waals surface area contributed by atoms with Crippen molar-refractivity contribution in [2.45, 2.75) is 47.2 Å². The molecule has 0 heterocycles. The first-order valence-electron chi connectivity index (χ1n) is 9.13. The fourth-order valence-corrected chi connectivity index (χ4v) is 21.6. The van der Waals surface area contributed by atoms with Crippen molar-refractivity contribution in [2.75, 3.05) is 0 Å². The molecule has 0 saturated heterocycles. The van der Waals surface area contributed by atoms with E-state index in [1.54, 1.807) is 12.8 Å². The summed E-state index contributed by atoms with van der Waals surface area (Å²) in [5.41, 5.74) is 0. The third-order valence-corrected chi connectivity index (χ3v) is 20.7. The van der Waals surface area contributed by atoms with Crippen LogP contribution in [0.15, 0.2) is 48.6 Å². The summed E-state index contributed by atoms with van der Waals surface area (Å²) in [6.07, 6.45) is 25.4. The number of hydrogen-bond donors (Lipinski definition) is 0. The van der Waals surface area contributed by atoms with Gasteiger partial charge in [0.05, 0.1) is 0 Å². The van der Waals surface area contributed by atoms with Gasteiger partial charge in [0.2, 0.25) is 0 Å². The van der Waals surface area contributed by atoms with Crippen LogP contribution in [0.3, 0.4) is 0 Å².